The van der Waals surface area contributed by atoms with Gasteiger partial charge in [0.15, 0.2) is 0 Å². The molecule has 1 aromatic carbocycles. The standard InChI is InChI=1S/C21H33N3O/c1-18(16-23-11-5-6-12-23)15-22-21(25)20-9-13-24(14-10-20)17-19-7-3-2-4-8-19/h2-4,7-8,18,20H,5-6,9-17H2,1H3,(H,22,25). The molecule has 138 valence electrons. The van der Waals surface area contributed by atoms with E-state index in [1.165, 1.54) is 31.5 Å². The van der Waals surface area contributed by atoms with Crippen molar-refractivity contribution in [2.24, 2.45) is 11.8 Å². The molecule has 2 fully saturated rings. The summed E-state index contributed by atoms with van der Waals surface area (Å²) in [6.45, 7) is 9.71. The number of benzene rings is 1. The van der Waals surface area contributed by atoms with Crippen LogP contribution in [-0.4, -0.2) is 55.0 Å². The van der Waals surface area contributed by atoms with Crippen molar-refractivity contribution < 1.29 is 4.79 Å². The molecule has 1 atom stereocenters. The summed E-state index contributed by atoms with van der Waals surface area (Å²) < 4.78 is 0. The summed E-state index contributed by atoms with van der Waals surface area (Å²) in [4.78, 5) is 17.5. The minimum absolute atomic E-state index is 0.200. The van der Waals surface area contributed by atoms with Gasteiger partial charge < -0.3 is 10.2 Å². The van der Waals surface area contributed by atoms with Gasteiger partial charge in [-0.2, -0.15) is 0 Å². The first-order valence-corrected chi connectivity index (χ1v) is 9.97. The first-order chi connectivity index (χ1) is 12.2. The van der Waals surface area contributed by atoms with E-state index in [2.05, 4.69) is 52.4 Å². The van der Waals surface area contributed by atoms with Crippen molar-refractivity contribution in [2.75, 3.05) is 39.3 Å². The first-order valence-electron chi connectivity index (χ1n) is 9.97. The van der Waals surface area contributed by atoms with Crippen LogP contribution in [0.25, 0.3) is 0 Å². The quantitative estimate of drug-likeness (QED) is 0.827. The molecule has 0 bridgehead atoms. The number of hydrogen-bond acceptors (Lipinski definition) is 3. The van der Waals surface area contributed by atoms with Crippen LogP contribution in [0.5, 0.6) is 0 Å². The van der Waals surface area contributed by atoms with E-state index < -0.39 is 0 Å². The van der Waals surface area contributed by atoms with Gasteiger partial charge in [-0.3, -0.25) is 9.69 Å². The number of nitrogens with one attached hydrogen (secondary N) is 1. The first kappa shape index (κ1) is 18.4. The Morgan fingerprint density at radius 3 is 2.44 bits per heavy atom. The zero-order chi connectivity index (χ0) is 17.5. The minimum Gasteiger partial charge on any atom is -0.356 e. The van der Waals surface area contributed by atoms with Gasteiger partial charge in [0.05, 0.1) is 0 Å². The summed E-state index contributed by atoms with van der Waals surface area (Å²) in [5.41, 5.74) is 1.36. The van der Waals surface area contributed by atoms with Crippen molar-refractivity contribution in [1.29, 1.82) is 0 Å². The van der Waals surface area contributed by atoms with Gasteiger partial charge in [-0.05, 0) is 63.3 Å². The Kier molecular flexibility index (Phi) is 6.88. The number of hydrogen-bond donors (Lipinski definition) is 1. The molecule has 1 aromatic rings. The molecule has 2 aliphatic heterocycles. The van der Waals surface area contributed by atoms with Crippen LogP contribution < -0.4 is 5.32 Å². The van der Waals surface area contributed by atoms with Crippen molar-refractivity contribution in [3.63, 3.8) is 0 Å². The molecule has 4 nitrogen and oxygen atoms in total. The van der Waals surface area contributed by atoms with Crippen molar-refractivity contribution in [3.05, 3.63) is 35.9 Å². The number of piperidine rings is 1. The number of carbonyl (C=O) groups is 1. The number of amides is 1. The van der Waals surface area contributed by atoms with E-state index in [1.54, 1.807) is 0 Å². The average molecular weight is 344 g/mol. The molecular formula is C21H33N3O. The van der Waals surface area contributed by atoms with Crippen LogP contribution in [0.4, 0.5) is 0 Å². The normalized spacial score (nSPS) is 21.3. The molecule has 25 heavy (non-hydrogen) atoms. The van der Waals surface area contributed by atoms with Gasteiger partial charge in [-0.15, -0.1) is 0 Å². The van der Waals surface area contributed by atoms with Crippen LogP contribution in [0.2, 0.25) is 0 Å². The Morgan fingerprint density at radius 2 is 1.76 bits per heavy atom. The van der Waals surface area contributed by atoms with Crippen molar-refractivity contribution in [3.8, 4) is 0 Å². The molecule has 2 saturated heterocycles. The van der Waals surface area contributed by atoms with Crippen LogP contribution in [0.1, 0.15) is 38.2 Å². The topological polar surface area (TPSA) is 35.6 Å². The van der Waals surface area contributed by atoms with E-state index in [4.69, 9.17) is 0 Å². The summed E-state index contributed by atoms with van der Waals surface area (Å²) in [6, 6.07) is 10.6. The lowest BCUT2D eigenvalue weighted by Gasteiger charge is -2.31. The Morgan fingerprint density at radius 1 is 1.08 bits per heavy atom. The zero-order valence-corrected chi connectivity index (χ0v) is 15.6. The van der Waals surface area contributed by atoms with Crippen LogP contribution in [0.15, 0.2) is 30.3 Å². The second kappa shape index (κ2) is 9.35. The Balaban J connectivity index is 1.33. The number of rotatable bonds is 7. The average Bonchev–Trinajstić information content (AvgIpc) is 3.14. The fourth-order valence-corrected chi connectivity index (χ4v) is 4.08. The molecule has 0 spiro atoms. The van der Waals surface area contributed by atoms with Crippen LogP contribution >= 0.6 is 0 Å². The third-order valence-corrected chi connectivity index (χ3v) is 5.60. The maximum Gasteiger partial charge on any atom is 0.223 e. The summed E-state index contributed by atoms with van der Waals surface area (Å²) in [6.07, 6.45) is 4.64. The van der Waals surface area contributed by atoms with Gasteiger partial charge >= 0.3 is 0 Å². The van der Waals surface area contributed by atoms with E-state index in [0.29, 0.717) is 5.92 Å². The molecule has 3 rings (SSSR count). The second-order valence-electron chi connectivity index (χ2n) is 7.89. The molecule has 0 radical (unpaired) electrons. The molecule has 0 aromatic heterocycles. The molecule has 0 aliphatic carbocycles. The molecule has 2 aliphatic rings. The van der Waals surface area contributed by atoms with Crippen molar-refractivity contribution >= 4 is 5.91 Å². The van der Waals surface area contributed by atoms with Crippen molar-refractivity contribution in [1.82, 2.24) is 15.1 Å². The third kappa shape index (κ3) is 5.82. The molecule has 1 amide bonds. The Labute approximate surface area is 152 Å². The number of likely N-dealkylation sites (tertiary alicyclic amines) is 2. The SMILES string of the molecule is CC(CNC(=O)C1CCN(Cc2ccccc2)CC1)CN1CCCC1. The highest BCUT2D eigenvalue weighted by atomic mass is 16.1. The summed E-state index contributed by atoms with van der Waals surface area (Å²) in [5, 5.41) is 3.21. The predicted octanol–water partition coefficient (Wildman–Crippen LogP) is 2.75. The highest BCUT2D eigenvalue weighted by molar-refractivity contribution is 5.78. The minimum atomic E-state index is 0.200. The van der Waals surface area contributed by atoms with E-state index in [1.807, 2.05) is 0 Å². The zero-order valence-electron chi connectivity index (χ0n) is 15.6. The molecule has 1 N–H and O–H groups in total. The summed E-state index contributed by atoms with van der Waals surface area (Å²) >= 11 is 0. The second-order valence-corrected chi connectivity index (χ2v) is 7.89. The van der Waals surface area contributed by atoms with Crippen LogP contribution in [0, 0.1) is 11.8 Å². The maximum absolute atomic E-state index is 12.5. The lowest BCUT2D eigenvalue weighted by atomic mass is 9.95. The van der Waals surface area contributed by atoms with Gasteiger partial charge in [0.25, 0.3) is 0 Å². The molecule has 2 heterocycles. The van der Waals surface area contributed by atoms with Gasteiger partial charge in [0.2, 0.25) is 5.91 Å². The van der Waals surface area contributed by atoms with E-state index >= 15 is 0 Å². The molecular weight excluding hydrogens is 310 g/mol. The van der Waals surface area contributed by atoms with E-state index in [-0.39, 0.29) is 11.8 Å². The van der Waals surface area contributed by atoms with Gasteiger partial charge in [0.1, 0.15) is 0 Å². The fraction of sp³-hybridized carbons (Fsp3) is 0.667. The van der Waals surface area contributed by atoms with Crippen LogP contribution in [-0.2, 0) is 11.3 Å². The number of nitrogens with zero attached hydrogens (tertiary/aromatic N) is 2. The molecule has 1 unspecified atom stereocenters. The third-order valence-electron chi connectivity index (χ3n) is 5.60. The van der Waals surface area contributed by atoms with Gasteiger partial charge in [-0.25, -0.2) is 0 Å². The molecule has 0 saturated carbocycles. The van der Waals surface area contributed by atoms with Gasteiger partial charge in [-0.1, -0.05) is 37.3 Å². The number of carbonyl (C=O) groups excluding carboxylic acids is 1. The largest absolute Gasteiger partial charge is 0.356 e. The van der Waals surface area contributed by atoms with E-state index in [9.17, 15) is 4.79 Å². The van der Waals surface area contributed by atoms with E-state index in [0.717, 1.165) is 45.6 Å². The summed E-state index contributed by atoms with van der Waals surface area (Å²) in [5.74, 6) is 1.01. The lowest BCUT2D eigenvalue weighted by Crippen LogP contribution is -2.42. The monoisotopic (exact) mass is 343 g/mol. The Bertz CT molecular complexity index is 519. The van der Waals surface area contributed by atoms with Crippen molar-refractivity contribution in [2.45, 2.75) is 39.2 Å². The predicted molar refractivity (Wildman–Crippen MR) is 102 cm³/mol. The molecule has 4 heteroatoms. The lowest BCUT2D eigenvalue weighted by molar-refractivity contribution is -0.126. The van der Waals surface area contributed by atoms with Crippen LogP contribution in [0.3, 0.4) is 0 Å². The van der Waals surface area contributed by atoms with Gasteiger partial charge in [0, 0.05) is 25.6 Å². The summed E-state index contributed by atoms with van der Waals surface area (Å²) in [7, 11) is 0. The Hall–Kier alpha value is -1.39. The highest BCUT2D eigenvalue weighted by Gasteiger charge is 2.25. The highest BCUT2D eigenvalue weighted by Crippen LogP contribution is 2.19. The maximum atomic E-state index is 12.5. The fourth-order valence-electron chi connectivity index (χ4n) is 4.08. The smallest absolute Gasteiger partial charge is 0.223 e.